The van der Waals surface area contributed by atoms with Gasteiger partial charge >= 0.3 is 0 Å². The highest BCUT2D eigenvalue weighted by Crippen LogP contribution is 2.38. The van der Waals surface area contributed by atoms with Crippen LogP contribution in [0.3, 0.4) is 0 Å². The SMILES string of the molecule is C[C@H](c1ccccc1)C(c1cnc[nH]1)n1cc(C(=O)N2CCN(C)CC2)c(-c2cccc3ccccc23)c1. The number of aromatic amines is 1. The number of aromatic nitrogens is 3. The van der Waals surface area contributed by atoms with Gasteiger partial charge in [0.1, 0.15) is 0 Å². The van der Waals surface area contributed by atoms with E-state index in [2.05, 4.69) is 113 Å². The van der Waals surface area contributed by atoms with Gasteiger partial charge in [0, 0.05) is 50.1 Å². The average molecular weight is 504 g/mol. The van der Waals surface area contributed by atoms with Crippen molar-refractivity contribution in [2.75, 3.05) is 33.2 Å². The highest BCUT2D eigenvalue weighted by Gasteiger charge is 2.29. The third-order valence-electron chi connectivity index (χ3n) is 7.91. The molecule has 2 atom stereocenters. The fourth-order valence-corrected chi connectivity index (χ4v) is 5.72. The minimum Gasteiger partial charge on any atom is -0.347 e. The highest BCUT2D eigenvalue weighted by atomic mass is 16.2. The van der Waals surface area contributed by atoms with E-state index in [1.54, 1.807) is 6.33 Å². The highest BCUT2D eigenvalue weighted by molar-refractivity contribution is 6.06. The summed E-state index contributed by atoms with van der Waals surface area (Å²) in [7, 11) is 2.11. The van der Waals surface area contributed by atoms with Crippen LogP contribution in [0.2, 0.25) is 0 Å². The first-order valence-corrected chi connectivity index (χ1v) is 13.3. The molecule has 1 aliphatic rings. The lowest BCUT2D eigenvalue weighted by Gasteiger charge is -2.32. The molecule has 0 aliphatic carbocycles. The summed E-state index contributed by atoms with van der Waals surface area (Å²) in [6.07, 6.45) is 7.84. The third kappa shape index (κ3) is 4.52. The van der Waals surface area contributed by atoms with Crippen molar-refractivity contribution < 1.29 is 4.79 Å². The van der Waals surface area contributed by atoms with E-state index in [0.717, 1.165) is 53.9 Å². The molecule has 2 aromatic heterocycles. The van der Waals surface area contributed by atoms with Gasteiger partial charge in [-0.25, -0.2) is 4.98 Å². The Morgan fingerprint density at radius 2 is 1.61 bits per heavy atom. The van der Waals surface area contributed by atoms with Gasteiger partial charge in [-0.1, -0.05) is 79.7 Å². The number of hydrogen-bond acceptors (Lipinski definition) is 3. The van der Waals surface area contributed by atoms with Gasteiger partial charge < -0.3 is 19.4 Å². The normalized spacial score (nSPS) is 16.0. The average Bonchev–Trinajstić information content (AvgIpc) is 3.65. The largest absolute Gasteiger partial charge is 0.347 e. The molecule has 5 aromatic rings. The Balaban J connectivity index is 1.51. The predicted octanol–water partition coefficient (Wildman–Crippen LogP) is 5.81. The first-order valence-electron chi connectivity index (χ1n) is 13.3. The molecule has 1 unspecified atom stereocenters. The Hall–Kier alpha value is -4.16. The number of amides is 1. The van der Waals surface area contributed by atoms with Gasteiger partial charge in [-0.2, -0.15) is 0 Å². The van der Waals surface area contributed by atoms with E-state index in [0.29, 0.717) is 0 Å². The number of carbonyl (C=O) groups excluding carboxylic acids is 1. The second-order valence-corrected chi connectivity index (χ2v) is 10.3. The van der Waals surface area contributed by atoms with Crippen molar-refractivity contribution in [2.24, 2.45) is 0 Å². The Morgan fingerprint density at radius 1 is 0.868 bits per heavy atom. The third-order valence-corrected chi connectivity index (χ3v) is 7.91. The number of H-pyrrole nitrogens is 1. The minimum absolute atomic E-state index is 0.0531. The summed E-state index contributed by atoms with van der Waals surface area (Å²) < 4.78 is 2.21. The van der Waals surface area contributed by atoms with Crippen LogP contribution in [0, 0.1) is 0 Å². The zero-order valence-corrected chi connectivity index (χ0v) is 21.9. The molecule has 0 radical (unpaired) electrons. The lowest BCUT2D eigenvalue weighted by Crippen LogP contribution is -2.47. The van der Waals surface area contributed by atoms with Crippen LogP contribution in [0.25, 0.3) is 21.9 Å². The van der Waals surface area contributed by atoms with Crippen LogP contribution in [0.1, 0.15) is 40.5 Å². The Morgan fingerprint density at radius 3 is 2.37 bits per heavy atom. The monoisotopic (exact) mass is 503 g/mol. The summed E-state index contributed by atoms with van der Waals surface area (Å²) in [6, 6.07) is 25.2. The van der Waals surface area contributed by atoms with E-state index in [1.165, 1.54) is 10.9 Å². The zero-order valence-electron chi connectivity index (χ0n) is 21.9. The van der Waals surface area contributed by atoms with Crippen molar-refractivity contribution in [3.8, 4) is 11.1 Å². The van der Waals surface area contributed by atoms with Crippen LogP contribution in [0.4, 0.5) is 0 Å². The fourth-order valence-electron chi connectivity index (χ4n) is 5.72. The number of carbonyl (C=O) groups is 1. The maximum absolute atomic E-state index is 14.1. The van der Waals surface area contributed by atoms with Crippen LogP contribution < -0.4 is 0 Å². The number of piperazine rings is 1. The van der Waals surface area contributed by atoms with Crippen molar-refractivity contribution >= 4 is 16.7 Å². The molecule has 38 heavy (non-hydrogen) atoms. The van der Waals surface area contributed by atoms with Crippen LogP contribution in [0.15, 0.2) is 97.7 Å². The van der Waals surface area contributed by atoms with Gasteiger partial charge in [0.25, 0.3) is 5.91 Å². The first-order chi connectivity index (χ1) is 18.6. The molecule has 1 N–H and O–H groups in total. The van der Waals surface area contributed by atoms with E-state index >= 15 is 0 Å². The van der Waals surface area contributed by atoms with E-state index < -0.39 is 0 Å². The quantitative estimate of drug-likeness (QED) is 0.318. The molecule has 1 amide bonds. The number of imidazole rings is 1. The molecule has 1 saturated heterocycles. The lowest BCUT2D eigenvalue weighted by molar-refractivity contribution is 0.0664. The Kier molecular flexibility index (Phi) is 6.56. The van der Waals surface area contributed by atoms with Crippen LogP contribution >= 0.6 is 0 Å². The molecule has 3 aromatic carbocycles. The molecule has 3 heterocycles. The second kappa shape index (κ2) is 10.3. The summed E-state index contributed by atoms with van der Waals surface area (Å²) >= 11 is 0. The van der Waals surface area contributed by atoms with Crippen LogP contribution in [-0.2, 0) is 0 Å². The van der Waals surface area contributed by atoms with Gasteiger partial charge in [0.2, 0.25) is 0 Å². The molecule has 1 aliphatic heterocycles. The number of benzene rings is 3. The predicted molar refractivity (Wildman–Crippen MR) is 152 cm³/mol. The zero-order chi connectivity index (χ0) is 26.1. The maximum atomic E-state index is 14.1. The summed E-state index contributed by atoms with van der Waals surface area (Å²) in [4.78, 5) is 26.0. The van der Waals surface area contributed by atoms with Crippen molar-refractivity contribution in [2.45, 2.75) is 18.9 Å². The molecular weight excluding hydrogens is 470 g/mol. The van der Waals surface area contributed by atoms with Gasteiger partial charge in [-0.3, -0.25) is 4.79 Å². The van der Waals surface area contributed by atoms with Crippen molar-refractivity contribution in [1.82, 2.24) is 24.3 Å². The van der Waals surface area contributed by atoms with Crippen molar-refractivity contribution in [3.63, 3.8) is 0 Å². The van der Waals surface area contributed by atoms with E-state index in [1.807, 2.05) is 17.2 Å². The van der Waals surface area contributed by atoms with Crippen LogP contribution in [0.5, 0.6) is 0 Å². The summed E-state index contributed by atoms with van der Waals surface area (Å²) in [5.41, 5.74) is 5.04. The molecule has 0 bridgehead atoms. The first kappa shape index (κ1) is 24.2. The molecular formula is C32H33N5O. The number of nitrogens with one attached hydrogen (secondary N) is 1. The van der Waals surface area contributed by atoms with Crippen LogP contribution in [-0.4, -0.2) is 63.5 Å². The molecule has 6 nitrogen and oxygen atoms in total. The number of likely N-dealkylation sites (N-methyl/N-ethyl adjacent to an activating group) is 1. The van der Waals surface area contributed by atoms with Crippen molar-refractivity contribution in [1.29, 1.82) is 0 Å². The van der Waals surface area contributed by atoms with E-state index in [-0.39, 0.29) is 17.9 Å². The fraction of sp³-hybridized carbons (Fsp3) is 0.250. The molecule has 0 saturated carbocycles. The van der Waals surface area contributed by atoms with E-state index in [4.69, 9.17) is 0 Å². The molecule has 6 heteroatoms. The topological polar surface area (TPSA) is 57.2 Å². The Labute approximate surface area is 223 Å². The standard InChI is InChI=1S/C32H33N5O/c1-23(24-9-4-3-5-10-24)31(30-19-33-22-34-30)37-20-28(27-14-8-12-25-11-6-7-13-26(25)27)29(21-37)32(38)36-17-15-35(2)16-18-36/h3-14,19-23,31H,15-18H2,1-2H3,(H,33,34)/t23-,31?/m1/s1. The van der Waals surface area contributed by atoms with Gasteiger partial charge in [-0.15, -0.1) is 0 Å². The molecule has 192 valence electrons. The Bertz CT molecular complexity index is 1530. The van der Waals surface area contributed by atoms with E-state index in [9.17, 15) is 4.79 Å². The molecule has 0 spiro atoms. The van der Waals surface area contributed by atoms with Crippen molar-refractivity contribution in [3.05, 3.63) is 115 Å². The smallest absolute Gasteiger partial charge is 0.256 e. The molecule has 1 fully saturated rings. The second-order valence-electron chi connectivity index (χ2n) is 10.3. The number of nitrogens with zero attached hydrogens (tertiary/aromatic N) is 4. The van der Waals surface area contributed by atoms with Gasteiger partial charge in [0.05, 0.1) is 29.8 Å². The summed E-state index contributed by atoms with van der Waals surface area (Å²) in [5.74, 6) is 0.242. The number of fused-ring (bicyclic) bond motifs is 1. The van der Waals surface area contributed by atoms with Gasteiger partial charge in [0.15, 0.2) is 0 Å². The van der Waals surface area contributed by atoms with Gasteiger partial charge in [-0.05, 0) is 28.9 Å². The maximum Gasteiger partial charge on any atom is 0.256 e. The number of rotatable bonds is 6. The molecule has 6 rings (SSSR count). The minimum atomic E-state index is -0.0531. The summed E-state index contributed by atoms with van der Waals surface area (Å²) in [6.45, 7) is 5.48. The number of hydrogen-bond donors (Lipinski definition) is 1. The lowest BCUT2D eigenvalue weighted by atomic mass is 9.91. The summed E-state index contributed by atoms with van der Waals surface area (Å²) in [5, 5.41) is 2.31.